The number of nitrogens with zero attached hydrogens (tertiary/aromatic N) is 2. The number of rotatable bonds is 1. The first kappa shape index (κ1) is 8.88. The molecule has 2 rings (SSSR count). The highest BCUT2D eigenvalue weighted by Crippen LogP contribution is 2.19. The number of aromatic nitrogens is 2. The fourth-order valence-electron chi connectivity index (χ4n) is 1.42. The van der Waals surface area contributed by atoms with E-state index in [2.05, 4.69) is 23.0 Å². The molecule has 2 heterocycles. The third-order valence-electron chi connectivity index (χ3n) is 2.17. The molecule has 0 fully saturated rings. The monoisotopic (exact) mass is 184 g/mol. The maximum absolute atomic E-state index is 4.50. The van der Waals surface area contributed by atoms with Gasteiger partial charge in [-0.2, -0.15) is 0 Å². The van der Waals surface area contributed by atoms with Crippen molar-refractivity contribution in [2.45, 2.75) is 13.8 Å². The van der Waals surface area contributed by atoms with E-state index in [1.54, 1.807) is 6.20 Å². The van der Waals surface area contributed by atoms with Crippen molar-refractivity contribution in [3.8, 4) is 11.3 Å². The van der Waals surface area contributed by atoms with E-state index in [1.807, 2.05) is 31.3 Å². The second-order valence-corrected chi connectivity index (χ2v) is 3.36. The average molecular weight is 184 g/mol. The summed E-state index contributed by atoms with van der Waals surface area (Å²) in [5.74, 6) is 0. The fourth-order valence-corrected chi connectivity index (χ4v) is 1.42. The normalized spacial score (nSPS) is 10.1. The highest BCUT2D eigenvalue weighted by molar-refractivity contribution is 5.61. The Kier molecular flexibility index (Phi) is 2.27. The van der Waals surface area contributed by atoms with Crippen molar-refractivity contribution in [2.24, 2.45) is 0 Å². The minimum atomic E-state index is 1.03. The molecule has 0 radical (unpaired) electrons. The van der Waals surface area contributed by atoms with E-state index in [0.29, 0.717) is 0 Å². The van der Waals surface area contributed by atoms with Gasteiger partial charge in [-0.1, -0.05) is 6.07 Å². The molecule has 14 heavy (non-hydrogen) atoms. The first-order chi connectivity index (χ1) is 6.77. The molecule has 0 saturated carbocycles. The van der Waals surface area contributed by atoms with Crippen molar-refractivity contribution in [3.63, 3.8) is 0 Å². The van der Waals surface area contributed by atoms with Crippen molar-refractivity contribution in [2.75, 3.05) is 0 Å². The highest BCUT2D eigenvalue weighted by Gasteiger charge is 2.02. The lowest BCUT2D eigenvalue weighted by Gasteiger charge is -2.04. The van der Waals surface area contributed by atoms with Gasteiger partial charge in [-0.3, -0.25) is 9.97 Å². The number of aryl methyl sites for hydroxylation is 2. The number of pyridine rings is 2. The van der Waals surface area contributed by atoms with Gasteiger partial charge in [-0.05, 0) is 37.6 Å². The SMILES string of the molecule is Cc1ccc(C)c(-c2cccnc2)n1. The van der Waals surface area contributed by atoms with Crippen molar-refractivity contribution in [1.82, 2.24) is 9.97 Å². The Hall–Kier alpha value is -1.70. The largest absolute Gasteiger partial charge is 0.264 e. The summed E-state index contributed by atoms with van der Waals surface area (Å²) in [4.78, 5) is 8.59. The molecule has 70 valence electrons. The Labute approximate surface area is 83.7 Å². The standard InChI is InChI=1S/C12H12N2/c1-9-5-6-10(2)14-12(9)11-4-3-7-13-8-11/h3-8H,1-2H3. The smallest absolute Gasteiger partial charge is 0.0749 e. The van der Waals surface area contributed by atoms with E-state index in [9.17, 15) is 0 Å². The summed E-state index contributed by atoms with van der Waals surface area (Å²) in [6.07, 6.45) is 3.61. The van der Waals surface area contributed by atoms with Crippen LogP contribution < -0.4 is 0 Å². The summed E-state index contributed by atoms with van der Waals surface area (Å²) in [7, 11) is 0. The zero-order valence-corrected chi connectivity index (χ0v) is 8.36. The van der Waals surface area contributed by atoms with Crippen LogP contribution in [0, 0.1) is 13.8 Å². The van der Waals surface area contributed by atoms with Crippen LogP contribution in [-0.4, -0.2) is 9.97 Å². The van der Waals surface area contributed by atoms with Gasteiger partial charge in [-0.15, -0.1) is 0 Å². The van der Waals surface area contributed by atoms with Crippen LogP contribution in [0.1, 0.15) is 11.3 Å². The Morgan fingerprint density at radius 3 is 2.64 bits per heavy atom. The number of hydrogen-bond acceptors (Lipinski definition) is 2. The van der Waals surface area contributed by atoms with Crippen molar-refractivity contribution < 1.29 is 0 Å². The van der Waals surface area contributed by atoms with Crippen LogP contribution in [-0.2, 0) is 0 Å². The Morgan fingerprint density at radius 2 is 1.93 bits per heavy atom. The third-order valence-corrected chi connectivity index (χ3v) is 2.17. The first-order valence-corrected chi connectivity index (χ1v) is 4.62. The molecular weight excluding hydrogens is 172 g/mol. The van der Waals surface area contributed by atoms with Crippen molar-refractivity contribution in [3.05, 3.63) is 47.9 Å². The number of hydrogen-bond donors (Lipinski definition) is 0. The minimum absolute atomic E-state index is 1.03. The maximum Gasteiger partial charge on any atom is 0.0749 e. The van der Waals surface area contributed by atoms with Crippen LogP contribution >= 0.6 is 0 Å². The summed E-state index contributed by atoms with van der Waals surface area (Å²) in [5.41, 5.74) is 4.32. The van der Waals surface area contributed by atoms with E-state index >= 15 is 0 Å². The summed E-state index contributed by atoms with van der Waals surface area (Å²) in [6.45, 7) is 4.06. The van der Waals surface area contributed by atoms with E-state index < -0.39 is 0 Å². The molecular formula is C12H12N2. The van der Waals surface area contributed by atoms with Gasteiger partial charge >= 0.3 is 0 Å². The van der Waals surface area contributed by atoms with Gasteiger partial charge in [0, 0.05) is 23.7 Å². The maximum atomic E-state index is 4.50. The molecule has 0 aromatic carbocycles. The van der Waals surface area contributed by atoms with Gasteiger partial charge in [0.25, 0.3) is 0 Å². The van der Waals surface area contributed by atoms with Crippen LogP contribution in [0.15, 0.2) is 36.7 Å². The highest BCUT2D eigenvalue weighted by atomic mass is 14.7. The second kappa shape index (κ2) is 3.58. The summed E-state index contributed by atoms with van der Waals surface area (Å²) >= 11 is 0. The van der Waals surface area contributed by atoms with Gasteiger partial charge in [-0.25, -0.2) is 0 Å². The molecule has 0 aliphatic carbocycles. The predicted molar refractivity (Wildman–Crippen MR) is 56.9 cm³/mol. The third kappa shape index (κ3) is 1.64. The molecule has 0 unspecified atom stereocenters. The van der Waals surface area contributed by atoms with E-state index in [1.165, 1.54) is 5.56 Å². The van der Waals surface area contributed by atoms with Gasteiger partial charge < -0.3 is 0 Å². The van der Waals surface area contributed by atoms with Crippen LogP contribution in [0.25, 0.3) is 11.3 Å². The lowest BCUT2D eigenvalue weighted by Crippen LogP contribution is -1.90. The molecule has 2 nitrogen and oxygen atoms in total. The molecule has 0 aliphatic heterocycles. The van der Waals surface area contributed by atoms with Crippen LogP contribution in [0.3, 0.4) is 0 Å². The lowest BCUT2D eigenvalue weighted by atomic mass is 10.1. The zero-order valence-electron chi connectivity index (χ0n) is 8.36. The van der Waals surface area contributed by atoms with E-state index in [4.69, 9.17) is 0 Å². The van der Waals surface area contributed by atoms with Crippen LogP contribution in [0.5, 0.6) is 0 Å². The van der Waals surface area contributed by atoms with E-state index in [-0.39, 0.29) is 0 Å². The molecule has 0 amide bonds. The topological polar surface area (TPSA) is 25.8 Å². The summed E-state index contributed by atoms with van der Waals surface area (Å²) in [6, 6.07) is 8.07. The minimum Gasteiger partial charge on any atom is -0.264 e. The molecule has 2 aromatic rings. The van der Waals surface area contributed by atoms with E-state index in [0.717, 1.165) is 17.0 Å². The Balaban J connectivity index is 2.57. The van der Waals surface area contributed by atoms with Gasteiger partial charge in [0.1, 0.15) is 0 Å². The second-order valence-electron chi connectivity index (χ2n) is 3.36. The summed E-state index contributed by atoms with van der Waals surface area (Å²) in [5, 5.41) is 0. The summed E-state index contributed by atoms with van der Waals surface area (Å²) < 4.78 is 0. The van der Waals surface area contributed by atoms with Crippen molar-refractivity contribution >= 4 is 0 Å². The molecule has 0 saturated heterocycles. The molecule has 2 aromatic heterocycles. The molecule has 0 atom stereocenters. The average Bonchev–Trinajstić information content (AvgIpc) is 2.23. The molecule has 0 N–H and O–H groups in total. The zero-order chi connectivity index (χ0) is 9.97. The Bertz CT molecular complexity index is 435. The van der Waals surface area contributed by atoms with Gasteiger partial charge in [0.05, 0.1) is 5.69 Å². The Morgan fingerprint density at radius 1 is 1.07 bits per heavy atom. The first-order valence-electron chi connectivity index (χ1n) is 4.62. The fraction of sp³-hybridized carbons (Fsp3) is 0.167. The van der Waals surface area contributed by atoms with Crippen LogP contribution in [0.4, 0.5) is 0 Å². The molecule has 0 spiro atoms. The predicted octanol–water partition coefficient (Wildman–Crippen LogP) is 2.76. The van der Waals surface area contributed by atoms with Gasteiger partial charge in [0.2, 0.25) is 0 Å². The lowest BCUT2D eigenvalue weighted by molar-refractivity contribution is 1.17. The van der Waals surface area contributed by atoms with Gasteiger partial charge in [0.15, 0.2) is 0 Å². The molecule has 0 aliphatic rings. The quantitative estimate of drug-likeness (QED) is 0.681. The van der Waals surface area contributed by atoms with Crippen LogP contribution in [0.2, 0.25) is 0 Å². The van der Waals surface area contributed by atoms with Crippen molar-refractivity contribution in [1.29, 1.82) is 0 Å². The molecule has 2 heteroatoms. The molecule has 0 bridgehead atoms.